The summed E-state index contributed by atoms with van der Waals surface area (Å²) in [4.78, 5) is 11.8. The molecule has 2 aromatic carbocycles. The van der Waals surface area contributed by atoms with Gasteiger partial charge in [-0.05, 0) is 17.7 Å². The Hall–Kier alpha value is -1.57. The Balaban J connectivity index is 0.00000108. The SMILES string of the molecule is C.O=P1([O-])Oc2ccccc2-c2ccccc21. The maximum atomic E-state index is 11.8. The first kappa shape index (κ1) is 11.9. The first-order chi connectivity index (χ1) is 7.68. The van der Waals surface area contributed by atoms with Crippen molar-refractivity contribution in [1.29, 1.82) is 0 Å². The second-order valence-electron chi connectivity index (χ2n) is 3.60. The molecular formula is C13H12O3P-. The molecule has 3 rings (SSSR count). The fraction of sp³-hybridized carbons (Fsp3) is 0.0769. The molecule has 0 N–H and O–H groups in total. The molecule has 2 aromatic rings. The van der Waals surface area contributed by atoms with Crippen molar-refractivity contribution in [2.24, 2.45) is 0 Å². The van der Waals surface area contributed by atoms with Gasteiger partial charge in [0.05, 0.1) is 0 Å². The van der Waals surface area contributed by atoms with Crippen molar-refractivity contribution >= 4 is 12.9 Å². The van der Waals surface area contributed by atoms with Gasteiger partial charge in [-0.1, -0.05) is 43.8 Å². The zero-order valence-corrected chi connectivity index (χ0v) is 9.19. The van der Waals surface area contributed by atoms with E-state index in [4.69, 9.17) is 4.52 Å². The summed E-state index contributed by atoms with van der Waals surface area (Å²) in [5, 5.41) is 0.258. The molecule has 17 heavy (non-hydrogen) atoms. The molecular weight excluding hydrogens is 235 g/mol. The van der Waals surface area contributed by atoms with Gasteiger partial charge in [0.25, 0.3) is 0 Å². The van der Waals surface area contributed by atoms with E-state index in [0.29, 0.717) is 11.3 Å². The zero-order valence-electron chi connectivity index (χ0n) is 8.29. The zero-order chi connectivity index (χ0) is 11.2. The van der Waals surface area contributed by atoms with E-state index in [1.165, 1.54) is 0 Å². The van der Waals surface area contributed by atoms with Crippen molar-refractivity contribution in [2.45, 2.75) is 7.43 Å². The van der Waals surface area contributed by atoms with Gasteiger partial charge in [-0.2, -0.15) is 0 Å². The fourth-order valence-electron chi connectivity index (χ4n) is 1.89. The highest BCUT2D eigenvalue weighted by Gasteiger charge is 2.26. The number of rotatable bonds is 0. The lowest BCUT2D eigenvalue weighted by molar-refractivity contribution is -0.186. The molecule has 0 spiro atoms. The standard InChI is InChI=1S/C12H9O3P.CH4/c13-16(14)12-8-4-2-6-10(12)9-5-1-3-7-11(9)15-16;/h1-8H,(H,13,14);1H4/p-1. The third-order valence-electron chi connectivity index (χ3n) is 2.59. The normalized spacial score (nSPS) is 20.5. The summed E-state index contributed by atoms with van der Waals surface area (Å²) in [6.07, 6.45) is 0. The van der Waals surface area contributed by atoms with Crippen LogP contribution in [0.25, 0.3) is 11.1 Å². The minimum Gasteiger partial charge on any atom is -0.765 e. The second-order valence-corrected chi connectivity index (χ2v) is 5.26. The minimum atomic E-state index is -3.96. The molecule has 1 unspecified atom stereocenters. The molecule has 1 aliphatic rings. The van der Waals surface area contributed by atoms with Crippen LogP contribution in [-0.2, 0) is 4.57 Å². The van der Waals surface area contributed by atoms with Crippen LogP contribution in [-0.4, -0.2) is 0 Å². The Morgan fingerprint density at radius 2 is 1.53 bits per heavy atom. The third kappa shape index (κ3) is 1.78. The molecule has 0 fully saturated rings. The van der Waals surface area contributed by atoms with Crippen LogP contribution < -0.4 is 14.7 Å². The van der Waals surface area contributed by atoms with Crippen molar-refractivity contribution in [3.8, 4) is 16.9 Å². The van der Waals surface area contributed by atoms with Crippen molar-refractivity contribution in [3.63, 3.8) is 0 Å². The molecule has 1 aliphatic heterocycles. The van der Waals surface area contributed by atoms with Gasteiger partial charge in [-0.25, -0.2) is 0 Å². The molecule has 1 atom stereocenters. The van der Waals surface area contributed by atoms with Crippen molar-refractivity contribution in [2.75, 3.05) is 0 Å². The summed E-state index contributed by atoms with van der Waals surface area (Å²) in [6.45, 7) is 0. The predicted octanol–water partition coefficient (Wildman–Crippen LogP) is 2.56. The molecule has 0 amide bonds. The topological polar surface area (TPSA) is 49.4 Å². The molecule has 0 aromatic heterocycles. The largest absolute Gasteiger partial charge is 0.765 e. The molecule has 0 saturated carbocycles. The van der Waals surface area contributed by atoms with Crippen LogP contribution >= 0.6 is 7.60 Å². The lowest BCUT2D eigenvalue weighted by Gasteiger charge is -2.31. The molecule has 1 heterocycles. The van der Waals surface area contributed by atoms with Crippen LogP contribution in [0.3, 0.4) is 0 Å². The van der Waals surface area contributed by atoms with Gasteiger partial charge in [-0.3, -0.25) is 4.57 Å². The maximum absolute atomic E-state index is 11.8. The highest BCUT2D eigenvalue weighted by atomic mass is 31.2. The summed E-state index contributed by atoms with van der Waals surface area (Å²) in [6, 6.07) is 14.0. The highest BCUT2D eigenvalue weighted by Crippen LogP contribution is 2.48. The lowest BCUT2D eigenvalue weighted by atomic mass is 10.0. The van der Waals surface area contributed by atoms with Crippen molar-refractivity contribution in [1.82, 2.24) is 0 Å². The first-order valence-electron chi connectivity index (χ1n) is 4.88. The summed E-state index contributed by atoms with van der Waals surface area (Å²) < 4.78 is 16.9. The molecule has 4 heteroatoms. The van der Waals surface area contributed by atoms with Crippen molar-refractivity contribution in [3.05, 3.63) is 48.5 Å². The summed E-state index contributed by atoms with van der Waals surface area (Å²) in [5.74, 6) is 0.402. The summed E-state index contributed by atoms with van der Waals surface area (Å²) in [7, 11) is -3.96. The molecule has 3 nitrogen and oxygen atoms in total. The van der Waals surface area contributed by atoms with Crippen LogP contribution in [0.15, 0.2) is 48.5 Å². The van der Waals surface area contributed by atoms with E-state index in [-0.39, 0.29) is 12.7 Å². The molecule has 0 saturated heterocycles. The van der Waals surface area contributed by atoms with E-state index < -0.39 is 7.60 Å². The number of hydrogen-bond donors (Lipinski definition) is 0. The quantitative estimate of drug-likeness (QED) is 0.672. The van der Waals surface area contributed by atoms with Crippen LogP contribution in [0.4, 0.5) is 0 Å². The van der Waals surface area contributed by atoms with Gasteiger partial charge < -0.3 is 9.42 Å². The van der Waals surface area contributed by atoms with Crippen molar-refractivity contribution < 1.29 is 14.0 Å². The average Bonchev–Trinajstić information content (AvgIpc) is 2.29. The average molecular weight is 247 g/mol. The van der Waals surface area contributed by atoms with Crippen LogP contribution in [0, 0.1) is 0 Å². The van der Waals surface area contributed by atoms with E-state index in [2.05, 4.69) is 0 Å². The van der Waals surface area contributed by atoms with E-state index >= 15 is 0 Å². The molecule has 0 bridgehead atoms. The Labute approximate surface area is 100 Å². The van der Waals surface area contributed by atoms with Gasteiger partial charge in [0.15, 0.2) is 0 Å². The van der Waals surface area contributed by atoms with Crippen LogP contribution in [0.5, 0.6) is 5.75 Å². The van der Waals surface area contributed by atoms with Crippen LogP contribution in [0.2, 0.25) is 0 Å². The third-order valence-corrected chi connectivity index (χ3v) is 4.01. The summed E-state index contributed by atoms with van der Waals surface area (Å²) >= 11 is 0. The minimum absolute atomic E-state index is 0. The van der Waals surface area contributed by atoms with Gasteiger partial charge in [0, 0.05) is 10.9 Å². The lowest BCUT2D eigenvalue weighted by Crippen LogP contribution is -2.24. The number of fused-ring (bicyclic) bond motifs is 3. The van der Waals surface area contributed by atoms with Crippen LogP contribution in [0.1, 0.15) is 7.43 Å². The molecule has 88 valence electrons. The Kier molecular flexibility index (Phi) is 2.82. The molecule has 0 aliphatic carbocycles. The first-order valence-corrected chi connectivity index (χ1v) is 6.42. The van der Waals surface area contributed by atoms with Gasteiger partial charge in [0.2, 0.25) is 7.60 Å². The monoisotopic (exact) mass is 247 g/mol. The fourth-order valence-corrected chi connectivity index (χ4v) is 3.16. The maximum Gasteiger partial charge on any atom is 0.214 e. The Morgan fingerprint density at radius 3 is 2.29 bits per heavy atom. The van der Waals surface area contributed by atoms with E-state index in [1.807, 2.05) is 18.2 Å². The number of benzene rings is 2. The van der Waals surface area contributed by atoms with E-state index in [1.54, 1.807) is 30.3 Å². The molecule has 0 radical (unpaired) electrons. The smallest absolute Gasteiger partial charge is 0.214 e. The Morgan fingerprint density at radius 1 is 0.941 bits per heavy atom. The number of hydrogen-bond acceptors (Lipinski definition) is 3. The van der Waals surface area contributed by atoms with Gasteiger partial charge in [0.1, 0.15) is 5.75 Å². The van der Waals surface area contributed by atoms with Gasteiger partial charge >= 0.3 is 0 Å². The van der Waals surface area contributed by atoms with E-state index in [9.17, 15) is 9.46 Å². The highest BCUT2D eigenvalue weighted by molar-refractivity contribution is 7.60. The predicted molar refractivity (Wildman–Crippen MR) is 66.5 cm³/mol. The van der Waals surface area contributed by atoms with E-state index in [0.717, 1.165) is 5.56 Å². The number of para-hydroxylation sites is 1. The van der Waals surface area contributed by atoms with Gasteiger partial charge in [-0.15, -0.1) is 0 Å². The summed E-state index contributed by atoms with van der Waals surface area (Å²) in [5.41, 5.74) is 1.53. The second kappa shape index (κ2) is 4.02. The Bertz CT molecular complexity index is 607.